The standard InChI is InChI=1S/C16H17BrClNOS/c1-2-19-13(14-3-4-15(17)21-14)9-11-8-12(18)7-10-5-6-20-16(10)11/h3-4,7-8,13,19H,2,5-6,9H2,1H3. The zero-order valence-electron chi connectivity index (χ0n) is 11.8. The van der Waals surface area contributed by atoms with Gasteiger partial charge in [0.1, 0.15) is 5.75 Å². The number of likely N-dealkylation sites (N-methyl/N-ethyl adjacent to an activating group) is 1. The SMILES string of the molecule is CCNC(Cc1cc(Cl)cc2c1OCC2)c1ccc(Br)s1. The minimum Gasteiger partial charge on any atom is -0.493 e. The van der Waals surface area contributed by atoms with Gasteiger partial charge in [0, 0.05) is 22.4 Å². The van der Waals surface area contributed by atoms with Crippen LogP contribution in [0.2, 0.25) is 5.02 Å². The minimum absolute atomic E-state index is 0.290. The molecule has 1 atom stereocenters. The summed E-state index contributed by atoms with van der Waals surface area (Å²) in [4.78, 5) is 1.33. The van der Waals surface area contributed by atoms with Crippen molar-refractivity contribution in [3.63, 3.8) is 0 Å². The summed E-state index contributed by atoms with van der Waals surface area (Å²) in [7, 11) is 0. The van der Waals surface area contributed by atoms with Crippen molar-refractivity contribution in [2.45, 2.75) is 25.8 Å². The minimum atomic E-state index is 0.290. The second-order valence-electron chi connectivity index (χ2n) is 5.11. The molecule has 1 aromatic carbocycles. The number of rotatable bonds is 5. The summed E-state index contributed by atoms with van der Waals surface area (Å²) < 4.78 is 6.97. The van der Waals surface area contributed by atoms with Gasteiger partial charge in [-0.3, -0.25) is 0 Å². The Morgan fingerprint density at radius 1 is 1.43 bits per heavy atom. The molecule has 1 aliphatic rings. The van der Waals surface area contributed by atoms with Gasteiger partial charge < -0.3 is 10.1 Å². The van der Waals surface area contributed by atoms with Crippen LogP contribution < -0.4 is 10.1 Å². The van der Waals surface area contributed by atoms with Crippen molar-refractivity contribution in [3.05, 3.63) is 49.1 Å². The van der Waals surface area contributed by atoms with Crippen LogP contribution in [-0.2, 0) is 12.8 Å². The van der Waals surface area contributed by atoms with Crippen LogP contribution in [0.3, 0.4) is 0 Å². The molecule has 0 saturated heterocycles. The summed E-state index contributed by atoms with van der Waals surface area (Å²) in [6.45, 7) is 3.83. The largest absolute Gasteiger partial charge is 0.493 e. The van der Waals surface area contributed by atoms with Gasteiger partial charge >= 0.3 is 0 Å². The Kier molecular flexibility index (Phi) is 4.89. The van der Waals surface area contributed by atoms with Crippen LogP contribution >= 0.6 is 38.9 Å². The van der Waals surface area contributed by atoms with Crippen LogP contribution in [0.1, 0.15) is 29.0 Å². The fourth-order valence-corrected chi connectivity index (χ4v) is 4.52. The maximum Gasteiger partial charge on any atom is 0.125 e. The molecule has 1 N–H and O–H groups in total. The van der Waals surface area contributed by atoms with Gasteiger partial charge in [-0.1, -0.05) is 18.5 Å². The van der Waals surface area contributed by atoms with Gasteiger partial charge in [0.15, 0.2) is 0 Å². The highest BCUT2D eigenvalue weighted by Crippen LogP contribution is 2.36. The van der Waals surface area contributed by atoms with E-state index in [0.717, 1.165) is 40.6 Å². The lowest BCUT2D eigenvalue weighted by molar-refractivity contribution is 0.351. The third kappa shape index (κ3) is 3.45. The summed E-state index contributed by atoms with van der Waals surface area (Å²) >= 11 is 11.6. The van der Waals surface area contributed by atoms with Crippen molar-refractivity contribution >= 4 is 38.9 Å². The molecular weight excluding hydrogens is 370 g/mol. The third-order valence-electron chi connectivity index (χ3n) is 3.64. The Labute approximate surface area is 142 Å². The molecule has 1 aliphatic heterocycles. The van der Waals surface area contributed by atoms with E-state index in [1.54, 1.807) is 11.3 Å². The van der Waals surface area contributed by atoms with Crippen molar-refractivity contribution in [1.82, 2.24) is 5.32 Å². The smallest absolute Gasteiger partial charge is 0.125 e. The highest BCUT2D eigenvalue weighted by molar-refractivity contribution is 9.11. The lowest BCUT2D eigenvalue weighted by atomic mass is 10.0. The predicted octanol–water partition coefficient (Wildman–Crippen LogP) is 4.99. The molecule has 0 bridgehead atoms. The fraction of sp³-hybridized carbons (Fsp3) is 0.375. The van der Waals surface area contributed by atoms with E-state index >= 15 is 0 Å². The van der Waals surface area contributed by atoms with Crippen molar-refractivity contribution in [2.75, 3.05) is 13.2 Å². The van der Waals surface area contributed by atoms with Gasteiger partial charge in [-0.05, 0) is 64.3 Å². The van der Waals surface area contributed by atoms with E-state index in [1.807, 2.05) is 12.1 Å². The van der Waals surface area contributed by atoms with E-state index in [9.17, 15) is 0 Å². The van der Waals surface area contributed by atoms with Crippen LogP contribution in [0.4, 0.5) is 0 Å². The van der Waals surface area contributed by atoms with Crippen LogP contribution in [0.5, 0.6) is 5.75 Å². The van der Waals surface area contributed by atoms with E-state index < -0.39 is 0 Å². The Morgan fingerprint density at radius 2 is 2.29 bits per heavy atom. The number of hydrogen-bond acceptors (Lipinski definition) is 3. The van der Waals surface area contributed by atoms with Crippen LogP contribution in [-0.4, -0.2) is 13.2 Å². The van der Waals surface area contributed by atoms with Gasteiger partial charge in [0.25, 0.3) is 0 Å². The summed E-state index contributed by atoms with van der Waals surface area (Å²) in [5.41, 5.74) is 2.44. The number of fused-ring (bicyclic) bond motifs is 1. The zero-order chi connectivity index (χ0) is 14.8. The van der Waals surface area contributed by atoms with E-state index in [-0.39, 0.29) is 6.04 Å². The molecule has 0 saturated carbocycles. The molecule has 2 aromatic rings. The van der Waals surface area contributed by atoms with Crippen LogP contribution in [0.25, 0.3) is 0 Å². The molecule has 0 radical (unpaired) electrons. The monoisotopic (exact) mass is 385 g/mol. The van der Waals surface area contributed by atoms with Crippen molar-refractivity contribution in [1.29, 1.82) is 0 Å². The first-order valence-electron chi connectivity index (χ1n) is 7.10. The third-order valence-corrected chi connectivity index (χ3v) is 5.59. The molecule has 2 nitrogen and oxygen atoms in total. The number of nitrogens with one attached hydrogen (secondary N) is 1. The molecule has 0 fully saturated rings. The van der Waals surface area contributed by atoms with Crippen LogP contribution in [0.15, 0.2) is 28.1 Å². The molecule has 0 aliphatic carbocycles. The summed E-state index contributed by atoms with van der Waals surface area (Å²) in [6.07, 6.45) is 1.85. The van der Waals surface area contributed by atoms with E-state index in [4.69, 9.17) is 16.3 Å². The topological polar surface area (TPSA) is 21.3 Å². The van der Waals surface area contributed by atoms with Crippen molar-refractivity contribution in [3.8, 4) is 5.75 Å². The molecule has 1 aromatic heterocycles. The molecule has 0 amide bonds. The number of thiophene rings is 1. The zero-order valence-corrected chi connectivity index (χ0v) is 14.9. The molecule has 1 unspecified atom stereocenters. The first-order chi connectivity index (χ1) is 10.2. The number of benzene rings is 1. The van der Waals surface area contributed by atoms with E-state index in [2.05, 4.69) is 40.3 Å². The Hall–Kier alpha value is -0.550. The summed E-state index contributed by atoms with van der Waals surface area (Å²) in [6, 6.07) is 8.63. The van der Waals surface area contributed by atoms with Gasteiger partial charge in [-0.2, -0.15) is 0 Å². The van der Waals surface area contributed by atoms with Crippen LogP contribution in [0, 0.1) is 0 Å². The highest BCUT2D eigenvalue weighted by Gasteiger charge is 2.21. The second kappa shape index (κ2) is 6.69. The highest BCUT2D eigenvalue weighted by atomic mass is 79.9. The van der Waals surface area contributed by atoms with Gasteiger partial charge in [0.05, 0.1) is 10.4 Å². The number of hydrogen-bond donors (Lipinski definition) is 1. The Bertz CT molecular complexity index is 643. The Balaban J connectivity index is 1.90. The van der Waals surface area contributed by atoms with Gasteiger partial charge in [-0.15, -0.1) is 11.3 Å². The average molecular weight is 387 g/mol. The molecule has 0 spiro atoms. The number of ether oxygens (including phenoxy) is 1. The normalized spacial score (nSPS) is 14.8. The van der Waals surface area contributed by atoms with Crippen molar-refractivity contribution in [2.24, 2.45) is 0 Å². The first kappa shape index (κ1) is 15.3. The summed E-state index contributed by atoms with van der Waals surface area (Å²) in [5, 5.41) is 4.36. The average Bonchev–Trinajstić information content (AvgIpc) is 3.06. The summed E-state index contributed by atoms with van der Waals surface area (Å²) in [5.74, 6) is 1.04. The molecule has 5 heteroatoms. The molecule has 21 heavy (non-hydrogen) atoms. The van der Waals surface area contributed by atoms with E-state index in [0.29, 0.717) is 0 Å². The quantitative estimate of drug-likeness (QED) is 0.781. The fourth-order valence-electron chi connectivity index (χ4n) is 2.75. The molecular formula is C16H17BrClNOS. The first-order valence-corrected chi connectivity index (χ1v) is 9.09. The molecule has 3 rings (SSSR count). The second-order valence-corrected chi connectivity index (χ2v) is 8.04. The lowest BCUT2D eigenvalue weighted by Gasteiger charge is -2.18. The maximum absolute atomic E-state index is 6.26. The lowest BCUT2D eigenvalue weighted by Crippen LogP contribution is -2.22. The molecule has 112 valence electrons. The predicted molar refractivity (Wildman–Crippen MR) is 92.8 cm³/mol. The molecule has 2 heterocycles. The van der Waals surface area contributed by atoms with E-state index in [1.165, 1.54) is 16.0 Å². The Morgan fingerprint density at radius 3 is 3.00 bits per heavy atom. The van der Waals surface area contributed by atoms with Gasteiger partial charge in [-0.25, -0.2) is 0 Å². The maximum atomic E-state index is 6.26. The number of halogens is 2. The van der Waals surface area contributed by atoms with Gasteiger partial charge in [0.2, 0.25) is 0 Å². The van der Waals surface area contributed by atoms with Crippen molar-refractivity contribution < 1.29 is 4.74 Å².